The van der Waals surface area contributed by atoms with Gasteiger partial charge < -0.3 is 20.4 Å². The lowest BCUT2D eigenvalue weighted by Gasteiger charge is -2.25. The minimum absolute atomic E-state index is 0.150. The third-order valence-electron chi connectivity index (χ3n) is 6.77. The molecule has 202 valence electrons. The summed E-state index contributed by atoms with van der Waals surface area (Å²) in [5, 5.41) is 6.83. The maximum Gasteiger partial charge on any atom is 0.328 e. The fourth-order valence-electron chi connectivity index (χ4n) is 4.87. The van der Waals surface area contributed by atoms with E-state index in [1.807, 2.05) is 105 Å². The van der Waals surface area contributed by atoms with Gasteiger partial charge in [0.25, 0.3) is 0 Å². The Hall–Kier alpha value is -4.39. The summed E-state index contributed by atoms with van der Waals surface area (Å²) in [7, 11) is 1.30. The van der Waals surface area contributed by atoms with E-state index in [2.05, 4.69) is 15.6 Å². The van der Waals surface area contributed by atoms with Crippen molar-refractivity contribution in [1.82, 2.24) is 15.6 Å². The minimum Gasteiger partial charge on any atom is -0.467 e. The molecule has 0 aliphatic carbocycles. The van der Waals surface area contributed by atoms with Crippen molar-refractivity contribution >= 4 is 28.7 Å². The largest absolute Gasteiger partial charge is 0.467 e. The second-order valence-electron chi connectivity index (χ2n) is 10.1. The van der Waals surface area contributed by atoms with Crippen molar-refractivity contribution in [2.24, 2.45) is 5.92 Å². The number of carbonyl (C=O) groups is 3. The number of methoxy groups -OCH3 is 1. The van der Waals surface area contributed by atoms with Gasteiger partial charge in [0, 0.05) is 23.5 Å². The number of nitrogens with one attached hydrogen (secondary N) is 3. The average molecular weight is 526 g/mol. The molecule has 7 heteroatoms. The molecular formula is C32H35N3O4. The number of H-pyrrole nitrogens is 1. The minimum atomic E-state index is -0.925. The first-order valence-corrected chi connectivity index (χ1v) is 13.2. The van der Waals surface area contributed by atoms with Crippen LogP contribution in [0.4, 0.5) is 0 Å². The second kappa shape index (κ2) is 12.9. The number of benzene rings is 3. The Labute approximate surface area is 229 Å². The summed E-state index contributed by atoms with van der Waals surface area (Å²) in [5.41, 5.74) is 3.47. The Morgan fingerprint density at radius 3 is 1.92 bits per heavy atom. The number of aromatic nitrogens is 1. The van der Waals surface area contributed by atoms with E-state index in [-0.39, 0.29) is 18.2 Å². The number of aromatic amines is 1. The van der Waals surface area contributed by atoms with E-state index in [1.54, 1.807) is 0 Å². The van der Waals surface area contributed by atoms with Crippen molar-refractivity contribution in [1.29, 1.82) is 0 Å². The Balaban J connectivity index is 1.66. The molecule has 0 aliphatic heterocycles. The van der Waals surface area contributed by atoms with Gasteiger partial charge in [-0.3, -0.25) is 9.59 Å². The van der Waals surface area contributed by atoms with Gasteiger partial charge in [-0.25, -0.2) is 4.79 Å². The topological polar surface area (TPSA) is 100 Å². The maximum absolute atomic E-state index is 13.9. The van der Waals surface area contributed by atoms with Gasteiger partial charge in [-0.15, -0.1) is 0 Å². The number of fused-ring (bicyclic) bond motifs is 1. The van der Waals surface area contributed by atoms with Crippen LogP contribution in [0.5, 0.6) is 0 Å². The summed E-state index contributed by atoms with van der Waals surface area (Å²) in [5.74, 6) is -1.72. The van der Waals surface area contributed by atoms with Crippen LogP contribution in [-0.4, -0.2) is 42.0 Å². The number of rotatable bonds is 11. The van der Waals surface area contributed by atoms with Crippen molar-refractivity contribution < 1.29 is 19.1 Å². The van der Waals surface area contributed by atoms with Crippen LogP contribution in [0.15, 0.2) is 91.1 Å². The summed E-state index contributed by atoms with van der Waals surface area (Å²) >= 11 is 0. The maximum atomic E-state index is 13.9. The first-order chi connectivity index (χ1) is 18.9. The predicted molar refractivity (Wildman–Crippen MR) is 152 cm³/mol. The first kappa shape index (κ1) is 27.6. The predicted octanol–water partition coefficient (Wildman–Crippen LogP) is 4.73. The highest BCUT2D eigenvalue weighted by Crippen LogP contribution is 2.26. The number of carbonyl (C=O) groups excluding carboxylic acids is 3. The van der Waals surface area contributed by atoms with E-state index in [1.165, 1.54) is 7.11 Å². The summed E-state index contributed by atoms with van der Waals surface area (Å²) in [6.45, 7) is 3.94. The fourth-order valence-corrected chi connectivity index (χ4v) is 4.87. The highest BCUT2D eigenvalue weighted by molar-refractivity contribution is 5.94. The zero-order chi connectivity index (χ0) is 27.8. The van der Waals surface area contributed by atoms with E-state index in [9.17, 15) is 14.4 Å². The number of hydrogen-bond acceptors (Lipinski definition) is 4. The van der Waals surface area contributed by atoms with Crippen LogP contribution in [0.3, 0.4) is 0 Å². The van der Waals surface area contributed by atoms with E-state index < -0.39 is 29.9 Å². The average Bonchev–Trinajstić information content (AvgIpc) is 3.35. The van der Waals surface area contributed by atoms with Crippen molar-refractivity contribution in [3.8, 4) is 0 Å². The summed E-state index contributed by atoms with van der Waals surface area (Å²) < 4.78 is 4.95. The molecule has 39 heavy (non-hydrogen) atoms. The second-order valence-corrected chi connectivity index (χ2v) is 10.1. The Kier molecular flexibility index (Phi) is 9.15. The van der Waals surface area contributed by atoms with Crippen LogP contribution in [0.1, 0.15) is 42.9 Å². The summed E-state index contributed by atoms with van der Waals surface area (Å²) in [6, 6.07) is 25.1. The molecular weight excluding hydrogens is 490 g/mol. The molecule has 2 amide bonds. The number of esters is 1. The molecule has 2 atom stereocenters. The molecule has 4 rings (SSSR count). The number of para-hydroxylation sites is 1. The quantitative estimate of drug-likeness (QED) is 0.247. The zero-order valence-electron chi connectivity index (χ0n) is 22.5. The molecule has 7 nitrogen and oxygen atoms in total. The molecule has 0 unspecified atom stereocenters. The lowest BCUT2D eigenvalue weighted by atomic mass is 9.90. The van der Waals surface area contributed by atoms with E-state index >= 15 is 0 Å². The van der Waals surface area contributed by atoms with Gasteiger partial charge in [0.1, 0.15) is 12.1 Å². The molecule has 0 fully saturated rings. The fraction of sp³-hybridized carbons (Fsp3) is 0.281. The van der Waals surface area contributed by atoms with Crippen molar-refractivity contribution in [3.05, 3.63) is 108 Å². The van der Waals surface area contributed by atoms with Crippen molar-refractivity contribution in [2.45, 2.75) is 44.7 Å². The lowest BCUT2D eigenvalue weighted by molar-refractivity contribution is -0.145. The molecule has 0 saturated carbocycles. The number of ether oxygens (including phenoxy) is 1. The zero-order valence-corrected chi connectivity index (χ0v) is 22.5. The van der Waals surface area contributed by atoms with Crippen LogP contribution in [0.25, 0.3) is 10.9 Å². The molecule has 0 saturated heterocycles. The molecule has 1 heterocycles. The Morgan fingerprint density at radius 2 is 1.33 bits per heavy atom. The Bertz CT molecular complexity index is 1360. The first-order valence-electron chi connectivity index (χ1n) is 13.2. The van der Waals surface area contributed by atoms with Gasteiger partial charge in [0.05, 0.1) is 13.0 Å². The molecule has 0 aliphatic rings. The summed E-state index contributed by atoms with van der Waals surface area (Å²) in [4.78, 5) is 43.3. The lowest BCUT2D eigenvalue weighted by Crippen LogP contribution is -2.53. The third kappa shape index (κ3) is 6.93. The number of amides is 2. The SMILES string of the molecule is COC(=O)[C@@H](CC(C)C)NC(=O)[C@H](Cc1c[nH]c2ccccc12)NC(=O)C(c1ccccc1)c1ccccc1. The standard InChI is InChI=1S/C32H35N3O4/c1-21(2)18-28(32(38)39-3)35-30(36)27(19-24-20-33-26-17-11-10-16-25(24)26)34-31(37)29(22-12-6-4-7-13-22)23-14-8-5-9-15-23/h4-17,20-21,27-29,33H,18-19H2,1-3H3,(H,34,37)(H,35,36)/t27-,28+/m0/s1. The smallest absolute Gasteiger partial charge is 0.328 e. The molecule has 3 N–H and O–H groups in total. The van der Waals surface area contributed by atoms with Gasteiger partial charge in [0.2, 0.25) is 11.8 Å². The molecule has 3 aromatic carbocycles. The monoisotopic (exact) mass is 525 g/mol. The van der Waals surface area contributed by atoms with Gasteiger partial charge in [0.15, 0.2) is 0 Å². The van der Waals surface area contributed by atoms with E-state index in [4.69, 9.17) is 4.74 Å². The molecule has 1 aromatic heterocycles. The van der Waals surface area contributed by atoms with E-state index in [0.717, 1.165) is 27.6 Å². The van der Waals surface area contributed by atoms with Crippen LogP contribution in [0.2, 0.25) is 0 Å². The highest BCUT2D eigenvalue weighted by Gasteiger charge is 2.31. The highest BCUT2D eigenvalue weighted by atomic mass is 16.5. The molecule has 4 aromatic rings. The van der Waals surface area contributed by atoms with Gasteiger partial charge in [-0.1, -0.05) is 92.7 Å². The normalized spacial score (nSPS) is 12.7. The van der Waals surface area contributed by atoms with Gasteiger partial charge in [-0.2, -0.15) is 0 Å². The van der Waals surface area contributed by atoms with Crippen molar-refractivity contribution in [2.75, 3.05) is 7.11 Å². The summed E-state index contributed by atoms with van der Waals surface area (Å²) in [6.07, 6.45) is 2.52. The molecule has 0 radical (unpaired) electrons. The van der Waals surface area contributed by atoms with Gasteiger partial charge in [-0.05, 0) is 35.1 Å². The molecule has 0 bridgehead atoms. The van der Waals surface area contributed by atoms with Gasteiger partial charge >= 0.3 is 5.97 Å². The van der Waals surface area contributed by atoms with Crippen molar-refractivity contribution in [3.63, 3.8) is 0 Å². The van der Waals surface area contributed by atoms with Crippen LogP contribution in [-0.2, 0) is 25.5 Å². The Morgan fingerprint density at radius 1 is 0.769 bits per heavy atom. The van der Waals surface area contributed by atoms with Crippen LogP contribution < -0.4 is 10.6 Å². The van der Waals surface area contributed by atoms with E-state index in [0.29, 0.717) is 6.42 Å². The van der Waals surface area contributed by atoms with Crippen LogP contribution >= 0.6 is 0 Å². The third-order valence-corrected chi connectivity index (χ3v) is 6.77. The molecule has 0 spiro atoms. The number of hydrogen-bond donors (Lipinski definition) is 3. The van der Waals surface area contributed by atoms with Crippen LogP contribution in [0, 0.1) is 5.92 Å².